The molecule has 6 heteroatoms. The van der Waals surface area contributed by atoms with Gasteiger partial charge in [-0.25, -0.2) is 0 Å². The van der Waals surface area contributed by atoms with Crippen molar-refractivity contribution in [3.63, 3.8) is 0 Å². The first-order valence-corrected chi connectivity index (χ1v) is 9.31. The van der Waals surface area contributed by atoms with Gasteiger partial charge >= 0.3 is 0 Å². The number of Topliss-reactive ketones (excluding diaryl/α,β-unsaturated/α-hetero) is 3. The molecule has 2 saturated carbocycles. The molecule has 6 nitrogen and oxygen atoms in total. The first kappa shape index (κ1) is 18.7. The van der Waals surface area contributed by atoms with Crippen LogP contribution in [0, 0.1) is 11.3 Å². The Morgan fingerprint density at radius 1 is 1.20 bits per heavy atom. The molecule has 0 aromatic rings. The predicted molar refractivity (Wildman–Crippen MR) is 89.0 cm³/mol. The minimum Gasteiger partial charge on any atom is -0.362 e. The fourth-order valence-corrected chi connectivity index (χ4v) is 4.43. The van der Waals surface area contributed by atoms with Crippen molar-refractivity contribution in [1.29, 1.82) is 0 Å². The van der Waals surface area contributed by atoms with Crippen LogP contribution in [0.25, 0.3) is 0 Å². The lowest BCUT2D eigenvalue weighted by molar-refractivity contribution is -0.151. The van der Waals surface area contributed by atoms with Gasteiger partial charge in [-0.1, -0.05) is 6.92 Å². The molecule has 0 unspecified atom stereocenters. The van der Waals surface area contributed by atoms with Crippen LogP contribution in [0.15, 0.2) is 0 Å². The van der Waals surface area contributed by atoms with Crippen molar-refractivity contribution in [2.24, 2.45) is 11.3 Å². The van der Waals surface area contributed by atoms with E-state index in [4.69, 9.17) is 14.2 Å². The number of carbonyl (C=O) groups excluding carboxylic acids is 3. The zero-order chi connectivity index (χ0) is 18.1. The van der Waals surface area contributed by atoms with E-state index in [0.717, 1.165) is 0 Å². The Hall–Kier alpha value is -1.11. The Kier molecular flexibility index (Phi) is 5.42. The largest absolute Gasteiger partial charge is 0.362 e. The van der Waals surface area contributed by atoms with Crippen LogP contribution in [0.3, 0.4) is 0 Å². The van der Waals surface area contributed by atoms with Crippen molar-refractivity contribution in [3.05, 3.63) is 0 Å². The molecule has 0 N–H and O–H groups in total. The monoisotopic (exact) mass is 352 g/mol. The maximum absolute atomic E-state index is 12.2. The fraction of sp³-hybridized carbons (Fsp3) is 0.842. The molecule has 25 heavy (non-hydrogen) atoms. The molecule has 0 aromatic carbocycles. The van der Waals surface area contributed by atoms with Gasteiger partial charge in [0, 0.05) is 37.0 Å². The average molecular weight is 352 g/mol. The van der Waals surface area contributed by atoms with Gasteiger partial charge in [0.1, 0.15) is 18.5 Å². The van der Waals surface area contributed by atoms with Gasteiger partial charge in [-0.15, -0.1) is 0 Å². The summed E-state index contributed by atoms with van der Waals surface area (Å²) in [6, 6.07) is 0. The van der Waals surface area contributed by atoms with E-state index < -0.39 is 17.3 Å². The Balaban J connectivity index is 1.46. The van der Waals surface area contributed by atoms with Crippen molar-refractivity contribution >= 4 is 17.3 Å². The molecule has 1 aliphatic heterocycles. The zero-order valence-electron chi connectivity index (χ0n) is 15.2. The SMILES string of the molecule is CC1(CCCC(=O)CO[C@@H]2C(=O)CC[C@]3(C)C(=O)CC[C@@H]23)OCCO1. The van der Waals surface area contributed by atoms with Gasteiger partial charge in [0.2, 0.25) is 0 Å². The molecule has 0 radical (unpaired) electrons. The highest BCUT2D eigenvalue weighted by atomic mass is 16.7. The molecule has 0 amide bonds. The molecule has 1 heterocycles. The Labute approximate surface area is 148 Å². The second-order valence-electron chi connectivity index (χ2n) is 7.91. The van der Waals surface area contributed by atoms with Gasteiger partial charge in [0.25, 0.3) is 0 Å². The van der Waals surface area contributed by atoms with E-state index in [1.165, 1.54) is 0 Å². The molecule has 3 fully saturated rings. The van der Waals surface area contributed by atoms with Crippen LogP contribution in [0.4, 0.5) is 0 Å². The molecule has 0 bridgehead atoms. The lowest BCUT2D eigenvalue weighted by Crippen LogP contribution is -2.47. The van der Waals surface area contributed by atoms with Crippen LogP contribution in [0.5, 0.6) is 0 Å². The third-order valence-electron chi connectivity index (χ3n) is 6.12. The van der Waals surface area contributed by atoms with Crippen LogP contribution in [0.2, 0.25) is 0 Å². The Bertz CT molecular complexity index is 550. The smallest absolute Gasteiger partial charge is 0.165 e. The Morgan fingerprint density at radius 2 is 1.92 bits per heavy atom. The predicted octanol–water partition coefficient (Wildman–Crippen LogP) is 2.22. The minimum atomic E-state index is -0.604. The number of ketones is 3. The zero-order valence-corrected chi connectivity index (χ0v) is 15.2. The van der Waals surface area contributed by atoms with Gasteiger partial charge in [-0.3, -0.25) is 14.4 Å². The molecular formula is C19H28O6. The van der Waals surface area contributed by atoms with Crippen molar-refractivity contribution in [2.75, 3.05) is 19.8 Å². The summed E-state index contributed by atoms with van der Waals surface area (Å²) in [5, 5.41) is 0. The summed E-state index contributed by atoms with van der Waals surface area (Å²) in [7, 11) is 0. The quantitative estimate of drug-likeness (QED) is 0.699. The van der Waals surface area contributed by atoms with Crippen LogP contribution in [-0.4, -0.2) is 49.1 Å². The van der Waals surface area contributed by atoms with Crippen molar-refractivity contribution in [3.8, 4) is 0 Å². The summed E-state index contributed by atoms with van der Waals surface area (Å²) in [5.74, 6) is -0.411. The maximum Gasteiger partial charge on any atom is 0.165 e. The summed E-state index contributed by atoms with van der Waals surface area (Å²) in [4.78, 5) is 36.5. The first-order chi connectivity index (χ1) is 11.8. The van der Waals surface area contributed by atoms with E-state index in [2.05, 4.69) is 0 Å². The van der Waals surface area contributed by atoms with E-state index in [-0.39, 0.29) is 29.9 Å². The molecule has 3 aliphatic rings. The number of hydrogen-bond acceptors (Lipinski definition) is 6. The standard InChI is InChI=1S/C19H28O6/c1-18-9-7-15(21)17(14(18)5-6-16(18)22)23-12-13(20)4-3-8-19(2)24-10-11-25-19/h14,17H,3-12H2,1-2H3/t14-,17-,18-/m0/s1. The normalized spacial score (nSPS) is 34.3. The van der Waals surface area contributed by atoms with Gasteiger partial charge in [0.05, 0.1) is 13.2 Å². The van der Waals surface area contributed by atoms with Gasteiger partial charge in [-0.2, -0.15) is 0 Å². The number of hydrogen-bond donors (Lipinski definition) is 0. The summed E-state index contributed by atoms with van der Waals surface area (Å²) in [6.45, 7) is 4.96. The minimum absolute atomic E-state index is 0.0222. The van der Waals surface area contributed by atoms with E-state index in [1.54, 1.807) is 0 Å². The van der Waals surface area contributed by atoms with Crippen LogP contribution in [0.1, 0.15) is 58.8 Å². The van der Waals surface area contributed by atoms with Gasteiger partial charge < -0.3 is 14.2 Å². The molecule has 140 valence electrons. The number of fused-ring (bicyclic) bond motifs is 1. The van der Waals surface area contributed by atoms with Crippen LogP contribution < -0.4 is 0 Å². The average Bonchev–Trinajstić information content (AvgIpc) is 3.12. The molecular weight excluding hydrogens is 324 g/mol. The topological polar surface area (TPSA) is 78.9 Å². The lowest BCUT2D eigenvalue weighted by Gasteiger charge is -2.39. The van der Waals surface area contributed by atoms with Gasteiger partial charge in [0.15, 0.2) is 17.4 Å². The number of carbonyl (C=O) groups is 3. The fourth-order valence-electron chi connectivity index (χ4n) is 4.43. The van der Waals surface area contributed by atoms with Crippen molar-refractivity contribution in [1.82, 2.24) is 0 Å². The summed E-state index contributed by atoms with van der Waals surface area (Å²) in [5.41, 5.74) is -0.451. The van der Waals surface area contributed by atoms with Crippen molar-refractivity contribution < 1.29 is 28.6 Å². The lowest BCUT2D eigenvalue weighted by atomic mass is 9.67. The van der Waals surface area contributed by atoms with E-state index in [9.17, 15) is 14.4 Å². The molecule has 0 spiro atoms. The molecule has 1 saturated heterocycles. The molecule has 0 aromatic heterocycles. The number of rotatable bonds is 7. The van der Waals surface area contributed by atoms with E-state index in [0.29, 0.717) is 58.2 Å². The third kappa shape index (κ3) is 3.86. The summed E-state index contributed by atoms with van der Waals surface area (Å²) in [6.07, 6.45) is 3.28. The second-order valence-corrected chi connectivity index (χ2v) is 7.91. The highest BCUT2D eigenvalue weighted by Crippen LogP contribution is 2.49. The van der Waals surface area contributed by atoms with Crippen LogP contribution >= 0.6 is 0 Å². The number of ether oxygens (including phenoxy) is 3. The maximum atomic E-state index is 12.2. The molecule has 3 atom stereocenters. The first-order valence-electron chi connectivity index (χ1n) is 9.31. The second kappa shape index (κ2) is 7.25. The Morgan fingerprint density at radius 3 is 2.64 bits per heavy atom. The van der Waals surface area contributed by atoms with E-state index >= 15 is 0 Å². The van der Waals surface area contributed by atoms with Gasteiger partial charge in [-0.05, 0) is 26.2 Å². The third-order valence-corrected chi connectivity index (χ3v) is 6.12. The molecule has 3 rings (SSSR count). The van der Waals surface area contributed by atoms with Crippen molar-refractivity contribution in [2.45, 2.75) is 70.7 Å². The summed E-state index contributed by atoms with van der Waals surface area (Å²) < 4.78 is 16.8. The highest BCUT2D eigenvalue weighted by molar-refractivity contribution is 5.93. The summed E-state index contributed by atoms with van der Waals surface area (Å²) >= 11 is 0. The molecule has 2 aliphatic carbocycles. The van der Waals surface area contributed by atoms with Crippen LogP contribution in [-0.2, 0) is 28.6 Å². The van der Waals surface area contributed by atoms with E-state index in [1.807, 2.05) is 13.8 Å². The highest BCUT2D eigenvalue weighted by Gasteiger charge is 2.54.